The number of hydrogen-bond acceptors (Lipinski definition) is 2. The van der Waals surface area contributed by atoms with Crippen molar-refractivity contribution in [3.05, 3.63) is 52.4 Å². The van der Waals surface area contributed by atoms with Gasteiger partial charge in [0.2, 0.25) is 0 Å². The summed E-state index contributed by atoms with van der Waals surface area (Å²) in [5.41, 5.74) is 4.29. The summed E-state index contributed by atoms with van der Waals surface area (Å²) < 4.78 is 0. The molecule has 1 heterocycles. The SMILES string of the molecule is CC1=C(C)[SiH](C(=O)[O-])C=C1c1ccccc1.[Na+]. The second kappa shape index (κ2) is 5.82. The molecule has 0 saturated carbocycles. The standard InChI is InChI=1S/C13H14O2Si.Na/c1-9-10(2)16(13(14)15)8-12(9)11-6-4-3-5-7-11;/h3-8,16H,1-2H3,(H,14,15);/q;+1/p-1. The maximum absolute atomic E-state index is 11.0. The molecule has 1 atom stereocenters. The molecule has 0 spiro atoms. The van der Waals surface area contributed by atoms with Crippen LogP contribution in [0.3, 0.4) is 0 Å². The van der Waals surface area contributed by atoms with Crippen LogP contribution in [0, 0.1) is 0 Å². The number of carbonyl (C=O) groups excluding carboxylic acids is 1. The van der Waals surface area contributed by atoms with E-state index in [0.29, 0.717) is 0 Å². The molecule has 0 aliphatic carbocycles. The third-order valence-corrected chi connectivity index (χ3v) is 5.67. The van der Waals surface area contributed by atoms with Crippen LogP contribution in [-0.4, -0.2) is 14.4 Å². The van der Waals surface area contributed by atoms with Gasteiger partial charge >= 0.3 is 29.6 Å². The molecule has 4 heteroatoms. The Kier molecular flexibility index (Phi) is 4.95. The van der Waals surface area contributed by atoms with E-state index < -0.39 is 14.4 Å². The Hall–Kier alpha value is -0.613. The molecule has 82 valence electrons. The molecule has 0 amide bonds. The van der Waals surface area contributed by atoms with Gasteiger partial charge in [-0.25, -0.2) is 0 Å². The van der Waals surface area contributed by atoms with Crippen molar-refractivity contribution in [2.75, 3.05) is 0 Å². The Morgan fingerprint density at radius 1 is 1.18 bits per heavy atom. The van der Waals surface area contributed by atoms with Gasteiger partial charge in [-0.05, 0) is 30.6 Å². The summed E-state index contributed by atoms with van der Waals surface area (Å²) in [7, 11) is -2.01. The van der Waals surface area contributed by atoms with Crippen molar-refractivity contribution >= 4 is 20.0 Å². The van der Waals surface area contributed by atoms with Gasteiger partial charge in [0.05, 0.1) is 0 Å². The maximum Gasteiger partial charge on any atom is 1.00 e. The zero-order chi connectivity index (χ0) is 11.7. The minimum atomic E-state index is -2.01. The van der Waals surface area contributed by atoms with Crippen LogP contribution in [0.25, 0.3) is 5.57 Å². The summed E-state index contributed by atoms with van der Waals surface area (Å²) >= 11 is 0. The Bertz CT molecular complexity index is 491. The number of carboxylic acid groups (broad SMARTS) is 1. The first-order chi connectivity index (χ1) is 7.61. The third kappa shape index (κ3) is 2.80. The van der Waals surface area contributed by atoms with Crippen LogP contribution in [0.4, 0.5) is 4.79 Å². The van der Waals surface area contributed by atoms with Crippen molar-refractivity contribution in [2.24, 2.45) is 0 Å². The molecule has 1 aromatic rings. The average molecular weight is 252 g/mol. The van der Waals surface area contributed by atoms with Gasteiger partial charge in [-0.2, -0.15) is 0 Å². The molecule has 0 radical (unpaired) electrons. The fraction of sp³-hybridized carbons (Fsp3) is 0.154. The molecule has 1 unspecified atom stereocenters. The van der Waals surface area contributed by atoms with E-state index in [2.05, 4.69) is 0 Å². The molecular formula is C13H13NaO2Si. The van der Waals surface area contributed by atoms with Crippen LogP contribution < -0.4 is 34.7 Å². The van der Waals surface area contributed by atoms with Crippen LogP contribution >= 0.6 is 0 Å². The number of benzene rings is 1. The minimum Gasteiger partial charge on any atom is -0.555 e. The summed E-state index contributed by atoms with van der Waals surface area (Å²) in [6, 6.07) is 9.90. The summed E-state index contributed by atoms with van der Waals surface area (Å²) in [5.74, 6) is 0. The zero-order valence-electron chi connectivity index (χ0n) is 10.4. The molecule has 2 rings (SSSR count). The monoisotopic (exact) mass is 252 g/mol. The average Bonchev–Trinajstić information content (AvgIpc) is 2.58. The van der Waals surface area contributed by atoms with Gasteiger partial charge < -0.3 is 9.90 Å². The summed E-state index contributed by atoms with van der Waals surface area (Å²) in [6.45, 7) is 3.90. The van der Waals surface area contributed by atoms with E-state index in [9.17, 15) is 9.90 Å². The van der Waals surface area contributed by atoms with Crippen molar-refractivity contribution in [1.29, 1.82) is 0 Å². The van der Waals surface area contributed by atoms with Crippen molar-refractivity contribution in [3.63, 3.8) is 0 Å². The van der Waals surface area contributed by atoms with E-state index in [-0.39, 0.29) is 29.6 Å². The molecule has 0 aromatic heterocycles. The fourth-order valence-electron chi connectivity index (χ4n) is 2.04. The topological polar surface area (TPSA) is 40.1 Å². The summed E-state index contributed by atoms with van der Waals surface area (Å²) in [6.07, 6.45) is 0. The van der Waals surface area contributed by atoms with E-state index in [1.165, 1.54) is 0 Å². The largest absolute Gasteiger partial charge is 1.00 e. The van der Waals surface area contributed by atoms with Crippen LogP contribution in [0.5, 0.6) is 0 Å². The predicted octanol–water partition coefficient (Wildman–Crippen LogP) is -1.35. The zero-order valence-corrected chi connectivity index (χ0v) is 13.5. The van der Waals surface area contributed by atoms with E-state index >= 15 is 0 Å². The summed E-state index contributed by atoms with van der Waals surface area (Å²) in [5, 5.41) is 12.0. The third-order valence-electron chi connectivity index (χ3n) is 3.13. The van der Waals surface area contributed by atoms with Crippen molar-refractivity contribution in [1.82, 2.24) is 0 Å². The number of allylic oxidation sites excluding steroid dienone is 3. The molecule has 0 saturated heterocycles. The Balaban J connectivity index is 0.00000144. The maximum atomic E-state index is 11.0. The normalized spacial score (nSPS) is 18.7. The molecule has 0 bridgehead atoms. The van der Waals surface area contributed by atoms with Gasteiger partial charge in [-0.15, -0.1) is 0 Å². The van der Waals surface area contributed by atoms with E-state index in [1.54, 1.807) is 0 Å². The molecule has 1 aliphatic rings. The van der Waals surface area contributed by atoms with Crippen LogP contribution in [-0.2, 0) is 0 Å². The Morgan fingerprint density at radius 2 is 1.76 bits per heavy atom. The second-order valence-electron chi connectivity index (χ2n) is 4.05. The van der Waals surface area contributed by atoms with Crippen molar-refractivity contribution in [2.45, 2.75) is 13.8 Å². The van der Waals surface area contributed by atoms with Gasteiger partial charge in [0, 0.05) is 5.59 Å². The van der Waals surface area contributed by atoms with Crippen LogP contribution in [0.2, 0.25) is 0 Å². The number of hydrogen-bond donors (Lipinski definition) is 0. The quantitative estimate of drug-likeness (QED) is 0.611. The minimum absolute atomic E-state index is 0. The first-order valence-electron chi connectivity index (χ1n) is 5.27. The smallest absolute Gasteiger partial charge is 0.555 e. The predicted molar refractivity (Wildman–Crippen MR) is 65.3 cm³/mol. The molecule has 2 nitrogen and oxygen atoms in total. The van der Waals surface area contributed by atoms with E-state index in [4.69, 9.17) is 0 Å². The molecule has 0 N–H and O–H groups in total. The van der Waals surface area contributed by atoms with Gasteiger partial charge in [0.25, 0.3) is 0 Å². The fourth-order valence-corrected chi connectivity index (χ4v) is 4.18. The first kappa shape index (κ1) is 14.4. The van der Waals surface area contributed by atoms with E-state index in [1.807, 2.05) is 49.9 Å². The van der Waals surface area contributed by atoms with Gasteiger partial charge in [0.1, 0.15) is 8.80 Å². The first-order valence-corrected chi connectivity index (χ1v) is 7.09. The van der Waals surface area contributed by atoms with Crippen LogP contribution in [0.1, 0.15) is 19.4 Å². The van der Waals surface area contributed by atoms with E-state index in [0.717, 1.165) is 21.9 Å². The van der Waals surface area contributed by atoms with Crippen molar-refractivity contribution in [3.8, 4) is 0 Å². The number of carbonyl (C=O) groups is 1. The molecular weight excluding hydrogens is 239 g/mol. The molecule has 0 fully saturated rings. The van der Waals surface area contributed by atoms with Gasteiger partial charge in [0.15, 0.2) is 0 Å². The number of rotatable bonds is 2. The summed E-state index contributed by atoms with van der Waals surface area (Å²) in [4.78, 5) is 11.0. The Morgan fingerprint density at radius 3 is 2.24 bits per heavy atom. The van der Waals surface area contributed by atoms with Crippen LogP contribution in [0.15, 0.2) is 46.8 Å². The molecule has 1 aromatic carbocycles. The molecule has 17 heavy (non-hydrogen) atoms. The van der Waals surface area contributed by atoms with Crippen molar-refractivity contribution < 1.29 is 39.5 Å². The Labute approximate surface area is 125 Å². The second-order valence-corrected chi connectivity index (χ2v) is 6.68. The van der Waals surface area contributed by atoms with Gasteiger partial charge in [-0.1, -0.05) is 41.2 Å². The molecule has 1 aliphatic heterocycles. The van der Waals surface area contributed by atoms with Gasteiger partial charge in [-0.3, -0.25) is 0 Å².